The van der Waals surface area contributed by atoms with Crippen molar-refractivity contribution in [1.29, 1.82) is 0 Å². The zero-order valence-electron chi connectivity index (χ0n) is 21.2. The predicted octanol–water partition coefficient (Wildman–Crippen LogP) is 4.28. The average molecular weight is 552 g/mol. The van der Waals surface area contributed by atoms with Gasteiger partial charge in [0.15, 0.2) is 18.0 Å². The van der Waals surface area contributed by atoms with Crippen LogP contribution in [-0.4, -0.2) is 55.6 Å². The molecule has 0 spiro atoms. The number of amides is 2. The molecule has 40 heavy (non-hydrogen) atoms. The van der Waals surface area contributed by atoms with Crippen LogP contribution in [0.15, 0.2) is 78.0 Å². The van der Waals surface area contributed by atoms with E-state index in [1.807, 2.05) is 43.3 Å². The summed E-state index contributed by atoms with van der Waals surface area (Å²) in [6.07, 6.45) is -0.0253. The van der Waals surface area contributed by atoms with Crippen molar-refractivity contribution in [2.24, 2.45) is 0 Å². The number of ether oxygens (including phenoxy) is 1. The lowest BCUT2D eigenvalue weighted by molar-refractivity contribution is -0.121. The van der Waals surface area contributed by atoms with E-state index in [1.165, 1.54) is 24.3 Å². The molecule has 6 rings (SSSR count). The summed E-state index contributed by atoms with van der Waals surface area (Å²) >= 11 is 1.08. The van der Waals surface area contributed by atoms with E-state index in [1.54, 1.807) is 12.1 Å². The van der Waals surface area contributed by atoms with E-state index in [-0.39, 0.29) is 28.8 Å². The highest BCUT2D eigenvalue weighted by molar-refractivity contribution is 8.00. The average Bonchev–Trinajstić information content (AvgIpc) is 3.47. The van der Waals surface area contributed by atoms with Gasteiger partial charge in [-0.1, -0.05) is 59.8 Å². The highest BCUT2D eigenvalue weighted by atomic mass is 32.2. The molecule has 198 valence electrons. The molecule has 2 aromatic heterocycles. The lowest BCUT2D eigenvalue weighted by atomic mass is 10.1. The Bertz CT molecular complexity index is 1800. The standard InChI is InChI=1S/C29H21N5O5S/c1-16-6-8-17(9-7-16)22(35)15-39-28(38)18-10-12-19(13-11-18)34-24(36)14-23(27(34)37)40-29-31-26-25(32-33-29)20-4-2-3-5-21(20)30-26/h2-13,23H,14-15H2,1H3,(H,30,31,33). The Kier molecular flexibility index (Phi) is 6.56. The number of hydrogen-bond donors (Lipinski definition) is 1. The van der Waals surface area contributed by atoms with Crippen molar-refractivity contribution in [3.05, 3.63) is 89.5 Å². The minimum absolute atomic E-state index is 0.0253. The topological polar surface area (TPSA) is 135 Å². The van der Waals surface area contributed by atoms with E-state index >= 15 is 0 Å². The van der Waals surface area contributed by atoms with Crippen LogP contribution >= 0.6 is 11.8 Å². The molecule has 2 amide bonds. The fraction of sp³-hybridized carbons (Fsp3) is 0.138. The zero-order valence-corrected chi connectivity index (χ0v) is 22.0. The van der Waals surface area contributed by atoms with E-state index in [4.69, 9.17) is 4.74 Å². The van der Waals surface area contributed by atoms with Crippen LogP contribution in [0, 0.1) is 6.92 Å². The van der Waals surface area contributed by atoms with Crippen molar-refractivity contribution in [1.82, 2.24) is 20.2 Å². The minimum Gasteiger partial charge on any atom is -0.454 e. The third-order valence-electron chi connectivity index (χ3n) is 6.52. The molecule has 1 fully saturated rings. The van der Waals surface area contributed by atoms with Gasteiger partial charge >= 0.3 is 5.97 Å². The van der Waals surface area contributed by atoms with Gasteiger partial charge < -0.3 is 9.72 Å². The van der Waals surface area contributed by atoms with E-state index < -0.39 is 23.7 Å². The Morgan fingerprint density at radius 3 is 2.48 bits per heavy atom. The fourth-order valence-electron chi connectivity index (χ4n) is 4.43. The second kappa shape index (κ2) is 10.3. The van der Waals surface area contributed by atoms with Gasteiger partial charge in [-0.3, -0.25) is 14.4 Å². The van der Waals surface area contributed by atoms with Crippen molar-refractivity contribution in [3.8, 4) is 0 Å². The summed E-state index contributed by atoms with van der Waals surface area (Å²) in [6.45, 7) is 1.52. The van der Waals surface area contributed by atoms with Gasteiger partial charge in [-0.2, -0.15) is 0 Å². The van der Waals surface area contributed by atoms with Crippen LogP contribution in [0.5, 0.6) is 0 Å². The van der Waals surface area contributed by atoms with Gasteiger partial charge in [0.05, 0.1) is 11.3 Å². The number of benzene rings is 3. The smallest absolute Gasteiger partial charge is 0.338 e. The third kappa shape index (κ3) is 4.82. The number of carbonyl (C=O) groups excluding carboxylic acids is 4. The number of nitrogens with zero attached hydrogens (tertiary/aromatic N) is 4. The molecule has 1 N–H and O–H groups in total. The number of aromatic amines is 1. The number of anilines is 1. The van der Waals surface area contributed by atoms with Gasteiger partial charge in [0.2, 0.25) is 17.0 Å². The number of H-pyrrole nitrogens is 1. The summed E-state index contributed by atoms with van der Waals surface area (Å²) in [5, 5.41) is 8.89. The molecule has 1 aliphatic heterocycles. The summed E-state index contributed by atoms with van der Waals surface area (Å²) in [5.41, 5.74) is 4.06. The molecule has 1 aliphatic rings. The van der Waals surface area contributed by atoms with Crippen LogP contribution in [0.3, 0.4) is 0 Å². The minimum atomic E-state index is -0.714. The summed E-state index contributed by atoms with van der Waals surface area (Å²) in [7, 11) is 0. The highest BCUT2D eigenvalue weighted by Gasteiger charge is 2.41. The number of Topliss-reactive ketones (excluding diaryl/α,β-unsaturated/α-hetero) is 1. The second-order valence-corrected chi connectivity index (χ2v) is 10.4. The van der Waals surface area contributed by atoms with E-state index in [0.29, 0.717) is 22.4 Å². The molecular formula is C29H21N5O5S. The third-order valence-corrected chi connectivity index (χ3v) is 7.56. The van der Waals surface area contributed by atoms with Crippen molar-refractivity contribution >= 4 is 63.1 Å². The number of hydrogen-bond acceptors (Lipinski definition) is 9. The molecule has 1 unspecified atom stereocenters. The Hall–Kier alpha value is -4.90. The number of ketones is 1. The van der Waals surface area contributed by atoms with Crippen molar-refractivity contribution in [3.63, 3.8) is 0 Å². The van der Waals surface area contributed by atoms with Crippen molar-refractivity contribution in [2.75, 3.05) is 11.5 Å². The molecule has 0 saturated carbocycles. The SMILES string of the molecule is Cc1ccc(C(=O)COC(=O)c2ccc(N3C(=O)CC(Sc4nnc5c(n4)[nH]c4ccccc45)C3=O)cc2)cc1. The summed E-state index contributed by atoms with van der Waals surface area (Å²) < 4.78 is 5.15. The van der Waals surface area contributed by atoms with Gasteiger partial charge in [0, 0.05) is 22.9 Å². The monoisotopic (exact) mass is 551 g/mol. The van der Waals surface area contributed by atoms with Crippen LogP contribution in [0.2, 0.25) is 0 Å². The number of thioether (sulfide) groups is 1. The van der Waals surface area contributed by atoms with Crippen LogP contribution in [-0.2, 0) is 14.3 Å². The number of aryl methyl sites for hydroxylation is 1. The van der Waals surface area contributed by atoms with E-state index in [0.717, 1.165) is 33.1 Å². The van der Waals surface area contributed by atoms with Crippen LogP contribution in [0.25, 0.3) is 22.1 Å². The fourth-order valence-corrected chi connectivity index (χ4v) is 5.35. The summed E-state index contributed by atoms with van der Waals surface area (Å²) in [6, 6.07) is 20.5. The highest BCUT2D eigenvalue weighted by Crippen LogP contribution is 2.33. The number of imide groups is 1. The summed E-state index contributed by atoms with van der Waals surface area (Å²) in [5.74, 6) is -1.78. The van der Waals surface area contributed by atoms with Gasteiger partial charge in [-0.05, 0) is 37.3 Å². The maximum absolute atomic E-state index is 13.1. The number of nitrogens with one attached hydrogen (secondary N) is 1. The van der Waals surface area contributed by atoms with Gasteiger partial charge in [0.25, 0.3) is 0 Å². The Balaban J connectivity index is 1.11. The first-order valence-electron chi connectivity index (χ1n) is 12.4. The number of fused-ring (bicyclic) bond motifs is 3. The van der Waals surface area contributed by atoms with Gasteiger partial charge in [0.1, 0.15) is 10.8 Å². The molecule has 10 nitrogen and oxygen atoms in total. The zero-order chi connectivity index (χ0) is 27.8. The number of aromatic nitrogens is 4. The molecule has 1 atom stereocenters. The normalized spacial score (nSPS) is 15.2. The first kappa shape index (κ1) is 25.4. The Morgan fingerprint density at radius 2 is 1.70 bits per heavy atom. The van der Waals surface area contributed by atoms with Gasteiger partial charge in [-0.15, -0.1) is 10.2 Å². The number of rotatable bonds is 7. The largest absolute Gasteiger partial charge is 0.454 e. The maximum Gasteiger partial charge on any atom is 0.338 e. The molecular weight excluding hydrogens is 530 g/mol. The molecule has 3 aromatic carbocycles. The molecule has 3 heterocycles. The summed E-state index contributed by atoms with van der Waals surface area (Å²) in [4.78, 5) is 59.4. The van der Waals surface area contributed by atoms with Crippen LogP contribution < -0.4 is 4.90 Å². The molecule has 0 bridgehead atoms. The van der Waals surface area contributed by atoms with Gasteiger partial charge in [-0.25, -0.2) is 14.7 Å². The molecule has 1 saturated heterocycles. The van der Waals surface area contributed by atoms with Crippen LogP contribution in [0.4, 0.5) is 5.69 Å². The number of para-hydroxylation sites is 1. The molecule has 0 aliphatic carbocycles. The quantitative estimate of drug-likeness (QED) is 0.179. The lowest BCUT2D eigenvalue weighted by Crippen LogP contribution is -2.31. The lowest BCUT2D eigenvalue weighted by Gasteiger charge is -2.15. The Labute approximate surface area is 231 Å². The van der Waals surface area contributed by atoms with E-state index in [2.05, 4.69) is 20.2 Å². The number of carbonyl (C=O) groups is 4. The van der Waals surface area contributed by atoms with Crippen molar-refractivity contribution < 1.29 is 23.9 Å². The number of esters is 1. The molecule has 5 aromatic rings. The predicted molar refractivity (Wildman–Crippen MR) is 148 cm³/mol. The first-order chi connectivity index (χ1) is 19.4. The van der Waals surface area contributed by atoms with E-state index in [9.17, 15) is 19.2 Å². The van der Waals surface area contributed by atoms with Crippen LogP contribution in [0.1, 0.15) is 32.7 Å². The Morgan fingerprint density at radius 1 is 0.975 bits per heavy atom. The second-order valence-electron chi connectivity index (χ2n) is 9.25. The maximum atomic E-state index is 13.1. The van der Waals surface area contributed by atoms with Crippen molar-refractivity contribution in [2.45, 2.75) is 23.8 Å². The molecule has 11 heteroatoms. The first-order valence-corrected chi connectivity index (χ1v) is 13.3. The molecule has 0 radical (unpaired) electrons.